The Bertz CT molecular complexity index is 1280. The Morgan fingerprint density at radius 2 is 1.90 bits per heavy atom. The van der Waals surface area contributed by atoms with E-state index < -0.39 is 0 Å². The number of ether oxygens (including phenoxy) is 1. The molecule has 2 aromatic carbocycles. The molecule has 0 radical (unpaired) electrons. The third-order valence-electron chi connectivity index (χ3n) is 6.40. The molecule has 0 saturated carbocycles. The van der Waals surface area contributed by atoms with E-state index in [1.807, 2.05) is 36.4 Å². The molecule has 4 heteroatoms. The Morgan fingerprint density at radius 1 is 1.10 bits per heavy atom. The second-order valence-electron chi connectivity index (χ2n) is 9.09. The van der Waals surface area contributed by atoms with Crippen LogP contribution in [0, 0.1) is 12.1 Å². The number of rotatable bonds is 4. The topological polar surface area (TPSA) is 49.1 Å². The van der Waals surface area contributed by atoms with Crippen LogP contribution in [0.2, 0.25) is 0 Å². The van der Waals surface area contributed by atoms with Crippen LogP contribution in [0.25, 0.3) is 22.2 Å². The molecule has 4 nitrogen and oxygen atoms in total. The minimum atomic E-state index is 0.223. The number of fused-ring (bicyclic) bond motifs is 2. The van der Waals surface area contributed by atoms with Crippen LogP contribution >= 0.6 is 0 Å². The van der Waals surface area contributed by atoms with E-state index in [0.29, 0.717) is 12.4 Å². The van der Waals surface area contributed by atoms with Crippen LogP contribution in [0.4, 0.5) is 0 Å². The number of nitrogens with zero attached hydrogens (tertiary/aromatic N) is 2. The van der Waals surface area contributed by atoms with E-state index in [0.717, 1.165) is 38.9 Å². The van der Waals surface area contributed by atoms with Crippen LogP contribution in [-0.4, -0.2) is 4.98 Å². The highest BCUT2D eigenvalue weighted by molar-refractivity contribution is 5.87. The number of hydrogen-bond acceptors (Lipinski definition) is 3. The summed E-state index contributed by atoms with van der Waals surface area (Å²) >= 11 is 0. The molecule has 0 saturated heterocycles. The molecule has 0 atom stereocenters. The zero-order valence-electron chi connectivity index (χ0n) is 18.2. The molecular formula is C27H26N2O2. The Balaban J connectivity index is 1.61. The van der Waals surface area contributed by atoms with Gasteiger partial charge in [-0.25, -0.2) is 4.98 Å². The van der Waals surface area contributed by atoms with Crippen LogP contribution in [0.5, 0.6) is 5.75 Å². The average molecular weight is 411 g/mol. The van der Waals surface area contributed by atoms with E-state index in [2.05, 4.69) is 32.9 Å². The molecule has 0 bridgehead atoms. The fourth-order valence-electron chi connectivity index (χ4n) is 4.56. The molecule has 0 aliphatic heterocycles. The molecule has 1 aliphatic carbocycles. The normalized spacial score (nSPS) is 14.5. The highest BCUT2D eigenvalue weighted by atomic mass is 16.5. The summed E-state index contributed by atoms with van der Waals surface area (Å²) in [6, 6.07) is 18.4. The van der Waals surface area contributed by atoms with E-state index in [9.17, 15) is 5.21 Å². The van der Waals surface area contributed by atoms with Crippen LogP contribution in [-0.2, 0) is 18.4 Å². The van der Waals surface area contributed by atoms with Crippen molar-refractivity contribution < 1.29 is 9.47 Å². The summed E-state index contributed by atoms with van der Waals surface area (Å²) in [6.45, 7) is 7.22. The van der Waals surface area contributed by atoms with Crippen molar-refractivity contribution in [2.45, 2.75) is 45.6 Å². The van der Waals surface area contributed by atoms with Gasteiger partial charge in [-0.1, -0.05) is 50.2 Å². The van der Waals surface area contributed by atoms with E-state index in [4.69, 9.17) is 9.72 Å². The van der Waals surface area contributed by atoms with E-state index in [1.165, 1.54) is 35.5 Å². The van der Waals surface area contributed by atoms with Crippen LogP contribution in [0.1, 0.15) is 42.5 Å². The van der Waals surface area contributed by atoms with E-state index in [-0.39, 0.29) is 5.41 Å². The van der Waals surface area contributed by atoms with Crippen molar-refractivity contribution >= 4 is 10.9 Å². The summed E-state index contributed by atoms with van der Waals surface area (Å²) in [5.74, 6) is 0.675. The highest BCUT2D eigenvalue weighted by Gasteiger charge is 2.30. The Labute approximate surface area is 182 Å². The third-order valence-corrected chi connectivity index (χ3v) is 6.40. The van der Waals surface area contributed by atoms with Gasteiger partial charge in [-0.3, -0.25) is 0 Å². The van der Waals surface area contributed by atoms with E-state index >= 15 is 0 Å². The van der Waals surface area contributed by atoms with Crippen molar-refractivity contribution in [3.05, 3.63) is 94.5 Å². The van der Waals surface area contributed by atoms with Crippen molar-refractivity contribution in [1.82, 2.24) is 4.98 Å². The first kappa shape index (κ1) is 19.6. The number of benzene rings is 2. The zero-order chi connectivity index (χ0) is 21.6. The minimum Gasteiger partial charge on any atom is -0.619 e. The maximum Gasteiger partial charge on any atom is 0.193 e. The Hall–Kier alpha value is -3.40. The molecule has 4 aromatic rings. The molecule has 1 aliphatic rings. The average Bonchev–Trinajstić information content (AvgIpc) is 3.06. The number of aromatic nitrogens is 2. The smallest absolute Gasteiger partial charge is 0.193 e. The number of hydrogen-bond donors (Lipinski definition) is 0. The first-order valence-electron chi connectivity index (χ1n) is 10.8. The lowest BCUT2D eigenvalue weighted by Gasteiger charge is -2.20. The molecule has 0 N–H and O–H groups in total. The Morgan fingerprint density at radius 3 is 2.71 bits per heavy atom. The van der Waals surface area contributed by atoms with Crippen molar-refractivity contribution in [2.75, 3.05) is 0 Å². The number of pyridine rings is 2. The van der Waals surface area contributed by atoms with Gasteiger partial charge in [0.15, 0.2) is 12.4 Å². The van der Waals surface area contributed by atoms with Gasteiger partial charge in [0.2, 0.25) is 0 Å². The maximum atomic E-state index is 11.9. The largest absolute Gasteiger partial charge is 0.619 e. The fourth-order valence-corrected chi connectivity index (χ4v) is 4.56. The van der Waals surface area contributed by atoms with Gasteiger partial charge in [-0.05, 0) is 53.5 Å². The highest BCUT2D eigenvalue weighted by Crippen LogP contribution is 2.41. The van der Waals surface area contributed by atoms with Gasteiger partial charge in [-0.15, -0.1) is 0 Å². The zero-order valence-corrected chi connectivity index (χ0v) is 18.2. The summed E-state index contributed by atoms with van der Waals surface area (Å²) in [5, 5.41) is 12.7. The summed E-state index contributed by atoms with van der Waals surface area (Å²) in [6.07, 6.45) is 5.28. The quantitative estimate of drug-likeness (QED) is 0.323. The standard InChI is InChI=1S/C27H26N2O2/c1-18-13-23-20(9-11-27(23,2)3)14-21(18)25-15-26(31-17-19-7-5-4-6-8-19)22-16-29(30)12-10-24(22)28-25/h4-8,10,12-16H,9,11,17H2,1-3H3. The van der Waals surface area contributed by atoms with Gasteiger partial charge >= 0.3 is 0 Å². The van der Waals surface area contributed by atoms with Crippen LogP contribution in [0.15, 0.2) is 67.0 Å². The van der Waals surface area contributed by atoms with Crippen molar-refractivity contribution in [1.29, 1.82) is 0 Å². The monoisotopic (exact) mass is 410 g/mol. The maximum absolute atomic E-state index is 11.9. The van der Waals surface area contributed by atoms with Gasteiger partial charge in [0, 0.05) is 17.7 Å². The van der Waals surface area contributed by atoms with Crippen molar-refractivity contribution in [2.24, 2.45) is 0 Å². The van der Waals surface area contributed by atoms with Gasteiger partial charge in [-0.2, -0.15) is 4.73 Å². The second-order valence-corrected chi connectivity index (χ2v) is 9.09. The molecule has 2 heterocycles. The summed E-state index contributed by atoms with van der Waals surface area (Å²) in [5.41, 5.74) is 8.13. The lowest BCUT2D eigenvalue weighted by Crippen LogP contribution is -2.24. The Kier molecular flexibility index (Phi) is 4.66. The molecule has 156 valence electrons. The lowest BCUT2D eigenvalue weighted by molar-refractivity contribution is -0.603. The molecule has 2 aromatic heterocycles. The van der Waals surface area contributed by atoms with Crippen molar-refractivity contribution in [3.63, 3.8) is 0 Å². The molecule has 31 heavy (non-hydrogen) atoms. The van der Waals surface area contributed by atoms with Crippen LogP contribution < -0.4 is 9.47 Å². The fraction of sp³-hybridized carbons (Fsp3) is 0.259. The molecule has 0 unspecified atom stereocenters. The summed E-state index contributed by atoms with van der Waals surface area (Å²) < 4.78 is 6.99. The van der Waals surface area contributed by atoms with Gasteiger partial charge in [0.1, 0.15) is 17.7 Å². The summed E-state index contributed by atoms with van der Waals surface area (Å²) in [7, 11) is 0. The molecule has 0 amide bonds. The molecule has 0 spiro atoms. The first-order chi connectivity index (χ1) is 14.9. The SMILES string of the molecule is Cc1cc2c(cc1-c1cc(OCc3ccccc3)c3c[n+]([O-])ccc3n1)CCC2(C)C. The van der Waals surface area contributed by atoms with Crippen LogP contribution in [0.3, 0.4) is 0 Å². The minimum absolute atomic E-state index is 0.223. The molecule has 0 fully saturated rings. The first-order valence-corrected chi connectivity index (χ1v) is 10.8. The predicted octanol–water partition coefficient (Wildman–Crippen LogP) is 5.65. The molecular weight excluding hydrogens is 384 g/mol. The predicted molar refractivity (Wildman–Crippen MR) is 123 cm³/mol. The number of aryl methyl sites for hydroxylation is 2. The van der Waals surface area contributed by atoms with Crippen molar-refractivity contribution in [3.8, 4) is 17.0 Å². The van der Waals surface area contributed by atoms with E-state index in [1.54, 1.807) is 6.07 Å². The third kappa shape index (κ3) is 3.63. The lowest BCUT2D eigenvalue weighted by atomic mass is 9.85. The van der Waals surface area contributed by atoms with Gasteiger partial charge < -0.3 is 9.94 Å². The summed E-state index contributed by atoms with van der Waals surface area (Å²) in [4.78, 5) is 4.89. The molecule has 5 rings (SSSR count). The second kappa shape index (κ2) is 7.38. The van der Waals surface area contributed by atoms with Gasteiger partial charge in [0.25, 0.3) is 0 Å². The van der Waals surface area contributed by atoms with Gasteiger partial charge in [0.05, 0.1) is 11.2 Å².